The van der Waals surface area contributed by atoms with Gasteiger partial charge in [-0.05, 0) is 25.1 Å². The number of rotatable bonds is 6. The first-order valence-electron chi connectivity index (χ1n) is 9.19. The standard InChI is InChI=1S/C21H16ClF3N2O4S/c1-11(19(29)27-14-8-4-3-7-13(14)21(23,24)25)31-16(28)10-26-20(30)18-17(22)12-6-2-5-9-15(12)32-18/h2-9,11H,10H2,1H3,(H,26,30)(H,27,29). The highest BCUT2D eigenvalue weighted by molar-refractivity contribution is 7.21. The molecule has 2 amide bonds. The fourth-order valence-corrected chi connectivity index (χ4v) is 4.19. The second kappa shape index (κ2) is 9.58. The van der Waals surface area contributed by atoms with Crippen molar-refractivity contribution < 1.29 is 32.3 Å². The lowest BCUT2D eigenvalue weighted by Gasteiger charge is -2.17. The molecule has 0 fully saturated rings. The number of anilines is 1. The van der Waals surface area contributed by atoms with E-state index in [1.165, 1.54) is 19.1 Å². The lowest BCUT2D eigenvalue weighted by atomic mass is 10.1. The predicted molar refractivity (Wildman–Crippen MR) is 115 cm³/mol. The number of thiophene rings is 1. The van der Waals surface area contributed by atoms with Crippen molar-refractivity contribution in [2.75, 3.05) is 11.9 Å². The Balaban J connectivity index is 1.56. The summed E-state index contributed by atoms with van der Waals surface area (Å²) >= 11 is 7.37. The zero-order chi connectivity index (χ0) is 23.5. The third-order valence-corrected chi connectivity index (χ3v) is 5.98. The van der Waals surface area contributed by atoms with Gasteiger partial charge in [-0.3, -0.25) is 14.4 Å². The number of carbonyl (C=O) groups excluding carboxylic acids is 3. The number of alkyl halides is 3. The van der Waals surface area contributed by atoms with E-state index in [2.05, 4.69) is 10.6 Å². The van der Waals surface area contributed by atoms with E-state index in [0.717, 1.165) is 28.2 Å². The van der Waals surface area contributed by atoms with Gasteiger partial charge in [-0.2, -0.15) is 13.2 Å². The maximum atomic E-state index is 13.0. The number of amides is 2. The highest BCUT2D eigenvalue weighted by atomic mass is 35.5. The molecule has 0 aliphatic carbocycles. The molecule has 0 saturated heterocycles. The van der Waals surface area contributed by atoms with Crippen LogP contribution in [0, 0.1) is 0 Å². The number of halogens is 4. The van der Waals surface area contributed by atoms with Crippen LogP contribution < -0.4 is 10.6 Å². The van der Waals surface area contributed by atoms with Gasteiger partial charge in [0, 0.05) is 10.1 Å². The number of benzene rings is 2. The summed E-state index contributed by atoms with van der Waals surface area (Å²) in [4.78, 5) is 36.7. The normalized spacial score (nSPS) is 12.3. The fourth-order valence-electron chi connectivity index (χ4n) is 2.76. The van der Waals surface area contributed by atoms with E-state index in [0.29, 0.717) is 5.39 Å². The largest absolute Gasteiger partial charge is 0.451 e. The molecule has 1 atom stereocenters. The quantitative estimate of drug-likeness (QED) is 0.489. The first-order valence-corrected chi connectivity index (χ1v) is 10.4. The van der Waals surface area contributed by atoms with Crippen LogP contribution >= 0.6 is 22.9 Å². The van der Waals surface area contributed by atoms with E-state index in [1.54, 1.807) is 24.3 Å². The molecule has 3 rings (SSSR count). The molecule has 1 heterocycles. The minimum atomic E-state index is -4.66. The molecule has 1 aromatic heterocycles. The molecule has 2 aromatic carbocycles. The molecule has 11 heteroatoms. The van der Waals surface area contributed by atoms with E-state index >= 15 is 0 Å². The molecule has 1 unspecified atom stereocenters. The Hall–Kier alpha value is -3.11. The average molecular weight is 485 g/mol. The van der Waals surface area contributed by atoms with Crippen molar-refractivity contribution in [1.82, 2.24) is 5.32 Å². The number of hydrogen-bond donors (Lipinski definition) is 2. The van der Waals surface area contributed by atoms with Crippen LogP contribution in [0.25, 0.3) is 10.1 Å². The monoisotopic (exact) mass is 484 g/mol. The van der Waals surface area contributed by atoms with Crippen LogP contribution in [0.3, 0.4) is 0 Å². The molecule has 6 nitrogen and oxygen atoms in total. The van der Waals surface area contributed by atoms with E-state index in [9.17, 15) is 27.6 Å². The second-order valence-corrected chi connectivity index (χ2v) is 8.02. The van der Waals surface area contributed by atoms with Gasteiger partial charge in [0.05, 0.1) is 16.3 Å². The summed E-state index contributed by atoms with van der Waals surface area (Å²) in [5.74, 6) is -2.49. The van der Waals surface area contributed by atoms with Crippen molar-refractivity contribution in [2.24, 2.45) is 0 Å². The number of para-hydroxylation sites is 1. The summed E-state index contributed by atoms with van der Waals surface area (Å²) < 4.78 is 44.8. The highest BCUT2D eigenvalue weighted by Gasteiger charge is 2.34. The highest BCUT2D eigenvalue weighted by Crippen LogP contribution is 2.35. The predicted octanol–water partition coefficient (Wildman–Crippen LogP) is 4.87. The van der Waals surface area contributed by atoms with Crippen molar-refractivity contribution >= 4 is 56.5 Å². The van der Waals surface area contributed by atoms with Gasteiger partial charge >= 0.3 is 12.1 Å². The minimum absolute atomic E-state index is 0.218. The number of fused-ring (bicyclic) bond motifs is 1. The lowest BCUT2D eigenvalue weighted by Crippen LogP contribution is -2.36. The Morgan fingerprint density at radius 3 is 2.44 bits per heavy atom. The Kier molecular flexibility index (Phi) is 7.05. The molecular weight excluding hydrogens is 469 g/mol. The van der Waals surface area contributed by atoms with Crippen LogP contribution in [0.1, 0.15) is 22.2 Å². The van der Waals surface area contributed by atoms with Crippen LogP contribution in [-0.4, -0.2) is 30.4 Å². The molecule has 0 spiro atoms. The lowest BCUT2D eigenvalue weighted by molar-refractivity contribution is -0.152. The molecule has 0 radical (unpaired) electrons. The molecule has 2 N–H and O–H groups in total. The number of esters is 1. The van der Waals surface area contributed by atoms with Crippen LogP contribution in [0.4, 0.5) is 18.9 Å². The van der Waals surface area contributed by atoms with Crippen molar-refractivity contribution in [3.63, 3.8) is 0 Å². The van der Waals surface area contributed by atoms with Gasteiger partial charge in [0.15, 0.2) is 6.10 Å². The Bertz CT molecular complexity index is 1180. The van der Waals surface area contributed by atoms with Crippen LogP contribution in [0.5, 0.6) is 0 Å². The molecule has 0 aliphatic rings. The van der Waals surface area contributed by atoms with Gasteiger partial charge in [-0.1, -0.05) is 41.9 Å². The van der Waals surface area contributed by atoms with Gasteiger partial charge in [-0.15, -0.1) is 11.3 Å². The average Bonchev–Trinajstić information content (AvgIpc) is 3.08. The van der Waals surface area contributed by atoms with Crippen LogP contribution in [0.2, 0.25) is 5.02 Å². The summed E-state index contributed by atoms with van der Waals surface area (Å²) in [7, 11) is 0. The molecule has 168 valence electrons. The molecule has 0 bridgehead atoms. The topological polar surface area (TPSA) is 84.5 Å². The summed E-state index contributed by atoms with van der Waals surface area (Å²) in [5.41, 5.74) is -1.49. The fraction of sp³-hybridized carbons (Fsp3) is 0.190. The van der Waals surface area contributed by atoms with Crippen LogP contribution in [0.15, 0.2) is 48.5 Å². The van der Waals surface area contributed by atoms with Crippen molar-refractivity contribution in [1.29, 1.82) is 0 Å². The number of hydrogen-bond acceptors (Lipinski definition) is 5. The molecule has 32 heavy (non-hydrogen) atoms. The molecule has 0 aliphatic heterocycles. The van der Waals surface area contributed by atoms with Gasteiger partial charge in [0.2, 0.25) is 0 Å². The van der Waals surface area contributed by atoms with Gasteiger partial charge in [0.25, 0.3) is 11.8 Å². The number of carbonyl (C=O) groups is 3. The summed E-state index contributed by atoms with van der Waals surface area (Å²) in [6, 6.07) is 11.6. The SMILES string of the molecule is CC(OC(=O)CNC(=O)c1sc2ccccc2c1Cl)C(=O)Nc1ccccc1C(F)(F)F. The van der Waals surface area contributed by atoms with Crippen LogP contribution in [-0.2, 0) is 20.5 Å². The second-order valence-electron chi connectivity index (χ2n) is 6.59. The van der Waals surface area contributed by atoms with E-state index in [1.807, 2.05) is 0 Å². The van der Waals surface area contributed by atoms with Gasteiger partial charge < -0.3 is 15.4 Å². The minimum Gasteiger partial charge on any atom is -0.451 e. The Morgan fingerprint density at radius 2 is 1.75 bits per heavy atom. The van der Waals surface area contributed by atoms with Gasteiger partial charge in [-0.25, -0.2) is 0 Å². The molecule has 0 saturated carbocycles. The summed E-state index contributed by atoms with van der Waals surface area (Å²) in [6.07, 6.45) is -6.06. The van der Waals surface area contributed by atoms with Crippen molar-refractivity contribution in [3.8, 4) is 0 Å². The smallest absolute Gasteiger partial charge is 0.418 e. The zero-order valence-electron chi connectivity index (χ0n) is 16.5. The summed E-state index contributed by atoms with van der Waals surface area (Å²) in [5, 5.41) is 5.41. The molecule has 3 aromatic rings. The Morgan fingerprint density at radius 1 is 1.09 bits per heavy atom. The summed E-state index contributed by atoms with van der Waals surface area (Å²) in [6.45, 7) is 0.647. The third-order valence-electron chi connectivity index (χ3n) is 4.30. The van der Waals surface area contributed by atoms with E-state index in [-0.39, 0.29) is 9.90 Å². The number of ether oxygens (including phenoxy) is 1. The maximum absolute atomic E-state index is 13.0. The first-order chi connectivity index (χ1) is 15.1. The third kappa shape index (κ3) is 5.38. The maximum Gasteiger partial charge on any atom is 0.418 e. The number of nitrogens with one attached hydrogen (secondary N) is 2. The Labute approximate surface area is 189 Å². The first kappa shape index (κ1) is 23.6. The van der Waals surface area contributed by atoms with E-state index in [4.69, 9.17) is 16.3 Å². The van der Waals surface area contributed by atoms with Gasteiger partial charge in [0.1, 0.15) is 11.4 Å². The molecular formula is C21H16ClF3N2O4S. The van der Waals surface area contributed by atoms with Crippen molar-refractivity contribution in [3.05, 3.63) is 64.0 Å². The van der Waals surface area contributed by atoms with E-state index < -0.39 is 47.9 Å². The van der Waals surface area contributed by atoms with Crippen molar-refractivity contribution in [2.45, 2.75) is 19.2 Å². The zero-order valence-corrected chi connectivity index (χ0v) is 18.0.